The van der Waals surface area contributed by atoms with Crippen LogP contribution in [-0.4, -0.2) is 49.7 Å². The molecule has 2 N–H and O–H groups in total. The molecule has 4 rings (SSSR count). The van der Waals surface area contributed by atoms with Crippen LogP contribution in [0, 0.1) is 5.82 Å². The number of hydrogen-bond acceptors (Lipinski definition) is 5. The maximum Gasteiger partial charge on any atom is 0.180 e. The Labute approximate surface area is 138 Å². The zero-order valence-corrected chi connectivity index (χ0v) is 13.4. The standard InChI is InChI=1S/C16H19FN6O/c1-2-13-20-16(22-21-13)12-8-23(6-7-24-12)9-14-18-11-5-3-4-10(17)15(11)19-14/h3-5,12H,2,6-9H2,1H3,(H,18,19)(H,20,21,22)/t12-/m1/s1. The molecule has 1 fully saturated rings. The highest BCUT2D eigenvalue weighted by atomic mass is 19.1. The lowest BCUT2D eigenvalue weighted by Gasteiger charge is -2.30. The van der Waals surface area contributed by atoms with E-state index in [0.29, 0.717) is 31.0 Å². The van der Waals surface area contributed by atoms with E-state index in [2.05, 4.69) is 30.0 Å². The number of aromatic nitrogens is 5. The topological polar surface area (TPSA) is 82.7 Å². The second-order valence-electron chi connectivity index (χ2n) is 5.91. The molecular weight excluding hydrogens is 311 g/mol. The Morgan fingerprint density at radius 2 is 2.25 bits per heavy atom. The number of nitrogens with zero attached hydrogens (tertiary/aromatic N) is 4. The monoisotopic (exact) mass is 330 g/mol. The van der Waals surface area contributed by atoms with E-state index in [9.17, 15) is 4.39 Å². The van der Waals surface area contributed by atoms with Gasteiger partial charge in [-0.25, -0.2) is 14.4 Å². The normalized spacial score (nSPS) is 19.2. The van der Waals surface area contributed by atoms with E-state index in [1.807, 2.05) is 13.0 Å². The molecule has 7 nitrogen and oxygen atoms in total. The predicted octanol–water partition coefficient (Wildman–Crippen LogP) is 1.96. The quantitative estimate of drug-likeness (QED) is 0.764. The fourth-order valence-electron chi connectivity index (χ4n) is 2.95. The molecule has 0 aliphatic carbocycles. The Morgan fingerprint density at radius 3 is 3.04 bits per heavy atom. The maximum atomic E-state index is 13.8. The van der Waals surface area contributed by atoms with Gasteiger partial charge in [-0.1, -0.05) is 13.0 Å². The average Bonchev–Trinajstić information content (AvgIpc) is 3.22. The van der Waals surface area contributed by atoms with E-state index in [1.54, 1.807) is 6.07 Å². The largest absolute Gasteiger partial charge is 0.367 e. The zero-order chi connectivity index (χ0) is 16.5. The number of fused-ring (bicyclic) bond motifs is 1. The number of imidazole rings is 1. The van der Waals surface area contributed by atoms with Crippen molar-refractivity contribution in [3.63, 3.8) is 0 Å². The second-order valence-corrected chi connectivity index (χ2v) is 5.91. The van der Waals surface area contributed by atoms with E-state index in [4.69, 9.17) is 4.74 Å². The van der Waals surface area contributed by atoms with Gasteiger partial charge in [0, 0.05) is 19.5 Å². The molecule has 0 spiro atoms. The van der Waals surface area contributed by atoms with Crippen molar-refractivity contribution >= 4 is 11.0 Å². The van der Waals surface area contributed by atoms with Crippen LogP contribution in [-0.2, 0) is 17.7 Å². The van der Waals surface area contributed by atoms with Crippen molar-refractivity contribution in [3.05, 3.63) is 41.5 Å². The molecule has 0 saturated carbocycles. The summed E-state index contributed by atoms with van der Waals surface area (Å²) in [5, 5.41) is 7.16. The maximum absolute atomic E-state index is 13.8. The second kappa shape index (κ2) is 6.29. The van der Waals surface area contributed by atoms with Gasteiger partial charge in [0.05, 0.1) is 18.7 Å². The van der Waals surface area contributed by atoms with E-state index in [-0.39, 0.29) is 11.9 Å². The minimum atomic E-state index is -0.303. The minimum absolute atomic E-state index is 0.156. The Kier molecular flexibility index (Phi) is 3.99. The van der Waals surface area contributed by atoms with E-state index in [1.165, 1.54) is 6.07 Å². The van der Waals surface area contributed by atoms with Crippen LogP contribution < -0.4 is 0 Å². The molecule has 3 aromatic rings. The first-order chi connectivity index (χ1) is 11.7. The molecule has 1 aliphatic rings. The van der Waals surface area contributed by atoms with Crippen LogP contribution in [0.15, 0.2) is 18.2 Å². The predicted molar refractivity (Wildman–Crippen MR) is 85.8 cm³/mol. The van der Waals surface area contributed by atoms with E-state index < -0.39 is 0 Å². The molecule has 0 unspecified atom stereocenters. The van der Waals surface area contributed by atoms with Crippen LogP contribution in [0.3, 0.4) is 0 Å². The van der Waals surface area contributed by atoms with Gasteiger partial charge in [0.2, 0.25) is 0 Å². The van der Waals surface area contributed by atoms with Gasteiger partial charge in [-0.15, -0.1) is 0 Å². The van der Waals surface area contributed by atoms with Crippen molar-refractivity contribution in [1.82, 2.24) is 30.0 Å². The lowest BCUT2D eigenvalue weighted by Crippen LogP contribution is -2.38. The van der Waals surface area contributed by atoms with E-state index >= 15 is 0 Å². The van der Waals surface area contributed by atoms with E-state index in [0.717, 1.165) is 30.1 Å². The van der Waals surface area contributed by atoms with Crippen LogP contribution in [0.1, 0.15) is 30.5 Å². The number of rotatable bonds is 4. The third-order valence-corrected chi connectivity index (χ3v) is 4.21. The van der Waals surface area contributed by atoms with Gasteiger partial charge < -0.3 is 9.72 Å². The highest BCUT2D eigenvalue weighted by Crippen LogP contribution is 2.21. The number of halogens is 1. The van der Waals surface area contributed by atoms with Crippen LogP contribution in [0.4, 0.5) is 4.39 Å². The van der Waals surface area contributed by atoms with Crippen LogP contribution >= 0.6 is 0 Å². The number of aromatic amines is 2. The van der Waals surface area contributed by atoms with Crippen LogP contribution in [0.5, 0.6) is 0 Å². The molecule has 1 atom stereocenters. The molecule has 0 bridgehead atoms. The summed E-state index contributed by atoms with van der Waals surface area (Å²) in [5.41, 5.74) is 1.11. The Morgan fingerprint density at radius 1 is 1.33 bits per heavy atom. The fraction of sp³-hybridized carbons (Fsp3) is 0.438. The molecule has 0 radical (unpaired) electrons. The average molecular weight is 330 g/mol. The summed E-state index contributed by atoms with van der Waals surface area (Å²) in [6.07, 6.45) is 0.657. The smallest absolute Gasteiger partial charge is 0.180 e. The van der Waals surface area contributed by atoms with Crippen LogP contribution in [0.2, 0.25) is 0 Å². The first-order valence-corrected chi connectivity index (χ1v) is 8.11. The summed E-state index contributed by atoms with van der Waals surface area (Å²) in [5.74, 6) is 1.99. The van der Waals surface area contributed by atoms with Gasteiger partial charge in [0.15, 0.2) is 11.6 Å². The van der Waals surface area contributed by atoms with Gasteiger partial charge in [0.25, 0.3) is 0 Å². The number of para-hydroxylation sites is 1. The van der Waals surface area contributed by atoms with Crippen molar-refractivity contribution < 1.29 is 9.13 Å². The van der Waals surface area contributed by atoms with Crippen molar-refractivity contribution in [2.75, 3.05) is 19.7 Å². The molecule has 1 saturated heterocycles. The summed E-state index contributed by atoms with van der Waals surface area (Å²) in [6, 6.07) is 4.93. The molecular formula is C16H19FN6O. The Bertz CT molecular complexity index is 844. The van der Waals surface area contributed by atoms with Crippen molar-refractivity contribution in [1.29, 1.82) is 0 Å². The van der Waals surface area contributed by atoms with Crippen LogP contribution in [0.25, 0.3) is 11.0 Å². The highest BCUT2D eigenvalue weighted by Gasteiger charge is 2.26. The van der Waals surface area contributed by atoms with Gasteiger partial charge in [-0.3, -0.25) is 10.00 Å². The molecule has 2 aromatic heterocycles. The van der Waals surface area contributed by atoms with Gasteiger partial charge in [-0.05, 0) is 12.1 Å². The molecule has 3 heterocycles. The number of aryl methyl sites for hydroxylation is 1. The van der Waals surface area contributed by atoms with Gasteiger partial charge >= 0.3 is 0 Å². The number of nitrogens with one attached hydrogen (secondary N) is 2. The van der Waals surface area contributed by atoms with Crippen molar-refractivity contribution in [2.24, 2.45) is 0 Å². The number of benzene rings is 1. The molecule has 24 heavy (non-hydrogen) atoms. The Hall–Kier alpha value is -2.32. The summed E-state index contributed by atoms with van der Waals surface area (Å²) < 4.78 is 19.6. The molecule has 8 heteroatoms. The fourth-order valence-corrected chi connectivity index (χ4v) is 2.95. The first-order valence-electron chi connectivity index (χ1n) is 8.11. The molecule has 1 aromatic carbocycles. The highest BCUT2D eigenvalue weighted by molar-refractivity contribution is 5.75. The van der Waals surface area contributed by atoms with Gasteiger partial charge in [0.1, 0.15) is 23.3 Å². The summed E-state index contributed by atoms with van der Waals surface area (Å²) in [7, 11) is 0. The summed E-state index contributed by atoms with van der Waals surface area (Å²) >= 11 is 0. The molecule has 1 aliphatic heterocycles. The van der Waals surface area contributed by atoms with Crippen molar-refractivity contribution in [3.8, 4) is 0 Å². The minimum Gasteiger partial charge on any atom is -0.367 e. The summed E-state index contributed by atoms with van der Waals surface area (Å²) in [6.45, 7) is 4.72. The zero-order valence-electron chi connectivity index (χ0n) is 13.4. The summed E-state index contributed by atoms with van der Waals surface area (Å²) in [4.78, 5) is 14.2. The third kappa shape index (κ3) is 2.90. The lowest BCUT2D eigenvalue weighted by molar-refractivity contribution is -0.0377. The Balaban J connectivity index is 1.48. The number of hydrogen-bond donors (Lipinski definition) is 2. The van der Waals surface area contributed by atoms with Crippen molar-refractivity contribution in [2.45, 2.75) is 26.0 Å². The number of morpholine rings is 1. The number of H-pyrrole nitrogens is 2. The molecule has 0 amide bonds. The number of ether oxygens (including phenoxy) is 1. The third-order valence-electron chi connectivity index (χ3n) is 4.21. The molecule has 126 valence electrons. The SMILES string of the molecule is CCc1nc([C@H]2CN(Cc3nc4c(F)cccc4[nH]3)CCO2)n[nH]1. The first kappa shape index (κ1) is 15.2. The van der Waals surface area contributed by atoms with Gasteiger partial charge in [-0.2, -0.15) is 5.10 Å². The lowest BCUT2D eigenvalue weighted by atomic mass is 10.2.